The summed E-state index contributed by atoms with van der Waals surface area (Å²) in [6.07, 6.45) is 1.94. The molecule has 0 spiro atoms. The molecule has 0 aliphatic carbocycles. The van der Waals surface area contributed by atoms with Crippen LogP contribution in [0.2, 0.25) is 38.3 Å². The molecule has 4 heteroatoms. The van der Waals surface area contributed by atoms with Crippen LogP contribution in [0.1, 0.15) is 31.9 Å². The highest BCUT2D eigenvalue weighted by atomic mass is 28.3. The van der Waals surface area contributed by atoms with Crippen molar-refractivity contribution in [2.45, 2.75) is 71.4 Å². The molecule has 0 N–H and O–H groups in total. The van der Waals surface area contributed by atoms with Crippen molar-refractivity contribution < 1.29 is 4.42 Å². The third-order valence-corrected chi connectivity index (χ3v) is 16.4. The fourth-order valence-electron chi connectivity index (χ4n) is 6.43. The van der Waals surface area contributed by atoms with E-state index in [1.165, 1.54) is 39.6 Å². The Kier molecular flexibility index (Phi) is 5.68. The van der Waals surface area contributed by atoms with Crippen LogP contribution >= 0.6 is 0 Å². The molecule has 6 rings (SSSR count). The first-order chi connectivity index (χ1) is 17.9. The number of aryl methyl sites for hydroxylation is 1. The SMILES string of the molecule is Cc1c(-c2ccc3c(c2)[Si](C)(C)CC[Si]3(C)C)oc2c(-c3cc(C(C)(C)C)c4ccccc4c3)nccc12. The lowest BCUT2D eigenvalue weighted by molar-refractivity contribution is 0.596. The average molecular weight is 534 g/mol. The zero-order valence-corrected chi connectivity index (χ0v) is 26.1. The molecule has 0 saturated carbocycles. The van der Waals surface area contributed by atoms with Crippen molar-refractivity contribution in [2.75, 3.05) is 0 Å². The summed E-state index contributed by atoms with van der Waals surface area (Å²) in [6.45, 7) is 19.2. The van der Waals surface area contributed by atoms with E-state index >= 15 is 0 Å². The topological polar surface area (TPSA) is 26.0 Å². The summed E-state index contributed by atoms with van der Waals surface area (Å²) in [5, 5.41) is 7.02. The van der Waals surface area contributed by atoms with Crippen molar-refractivity contribution in [3.05, 3.63) is 78.0 Å². The van der Waals surface area contributed by atoms with Crippen LogP contribution in [-0.4, -0.2) is 21.1 Å². The number of rotatable bonds is 2. The van der Waals surface area contributed by atoms with Crippen LogP contribution in [0.25, 0.3) is 44.3 Å². The van der Waals surface area contributed by atoms with E-state index in [2.05, 4.69) is 115 Å². The van der Waals surface area contributed by atoms with Gasteiger partial charge < -0.3 is 4.42 Å². The molecular formula is C34H39NOSi2. The number of hydrogen-bond acceptors (Lipinski definition) is 2. The third kappa shape index (κ3) is 4.00. The highest BCUT2D eigenvalue weighted by Gasteiger charge is 2.39. The van der Waals surface area contributed by atoms with Gasteiger partial charge in [-0.25, -0.2) is 0 Å². The van der Waals surface area contributed by atoms with E-state index in [1.54, 1.807) is 10.4 Å². The number of nitrogens with zero attached hydrogens (tertiary/aromatic N) is 1. The van der Waals surface area contributed by atoms with Crippen molar-refractivity contribution in [2.24, 2.45) is 0 Å². The van der Waals surface area contributed by atoms with E-state index in [0.717, 1.165) is 28.0 Å². The lowest BCUT2D eigenvalue weighted by Crippen LogP contribution is -2.63. The molecular weight excluding hydrogens is 495 g/mol. The summed E-state index contributed by atoms with van der Waals surface area (Å²) < 4.78 is 6.78. The third-order valence-electron chi connectivity index (χ3n) is 8.91. The minimum absolute atomic E-state index is 0.0185. The van der Waals surface area contributed by atoms with Gasteiger partial charge in [-0.05, 0) is 46.9 Å². The van der Waals surface area contributed by atoms with Crippen LogP contribution in [0.3, 0.4) is 0 Å². The zero-order chi connectivity index (χ0) is 27.0. The van der Waals surface area contributed by atoms with Gasteiger partial charge in [-0.3, -0.25) is 4.98 Å². The summed E-state index contributed by atoms with van der Waals surface area (Å²) in [7, 11) is -2.83. The van der Waals surface area contributed by atoms with Gasteiger partial charge >= 0.3 is 0 Å². The molecule has 0 bridgehead atoms. The van der Waals surface area contributed by atoms with Crippen LogP contribution in [0.5, 0.6) is 0 Å². The first-order valence-corrected chi connectivity index (χ1v) is 20.4. The maximum Gasteiger partial charge on any atom is 0.161 e. The Bertz CT molecular complexity index is 1720. The van der Waals surface area contributed by atoms with Gasteiger partial charge in [0.25, 0.3) is 0 Å². The fourth-order valence-corrected chi connectivity index (χ4v) is 16.7. The maximum absolute atomic E-state index is 6.78. The fraction of sp³-hybridized carbons (Fsp3) is 0.324. The van der Waals surface area contributed by atoms with E-state index in [0.29, 0.717) is 0 Å². The predicted molar refractivity (Wildman–Crippen MR) is 170 cm³/mol. The van der Waals surface area contributed by atoms with Gasteiger partial charge in [-0.1, -0.05) is 112 Å². The largest absolute Gasteiger partial charge is 0.453 e. The van der Waals surface area contributed by atoms with Gasteiger partial charge in [0.05, 0.1) is 16.1 Å². The summed E-state index contributed by atoms with van der Waals surface area (Å²) in [5.74, 6) is 0.990. The van der Waals surface area contributed by atoms with E-state index in [-0.39, 0.29) is 5.41 Å². The maximum atomic E-state index is 6.78. The smallest absolute Gasteiger partial charge is 0.161 e. The lowest BCUT2D eigenvalue weighted by atomic mass is 9.82. The molecule has 0 radical (unpaired) electrons. The molecule has 2 aromatic heterocycles. The number of benzene rings is 3. The summed E-state index contributed by atoms with van der Waals surface area (Å²) in [4.78, 5) is 4.89. The van der Waals surface area contributed by atoms with Crippen LogP contribution in [0.4, 0.5) is 0 Å². The average Bonchev–Trinajstić information content (AvgIpc) is 3.22. The van der Waals surface area contributed by atoms with Crippen LogP contribution in [0, 0.1) is 6.92 Å². The molecule has 3 aromatic carbocycles. The molecule has 1 aliphatic rings. The number of hydrogen-bond donors (Lipinski definition) is 0. The van der Waals surface area contributed by atoms with E-state index in [9.17, 15) is 0 Å². The standard InChI is InChI=1S/C34H39NOSi2/c1-22-26-15-16-35-31(25-19-23-11-9-10-12-27(23)28(20-25)34(2,3)4)33(26)36-32(22)24-13-14-29-30(21-24)38(7,8)18-17-37(29,5)6/h9-16,19-21H,17-18H2,1-8H3. The van der Waals surface area contributed by atoms with E-state index in [4.69, 9.17) is 9.40 Å². The second-order valence-corrected chi connectivity index (χ2v) is 23.2. The van der Waals surface area contributed by atoms with Gasteiger partial charge in [0.1, 0.15) is 11.5 Å². The number of aromatic nitrogens is 1. The minimum atomic E-state index is -1.45. The number of fused-ring (bicyclic) bond motifs is 3. The first-order valence-electron chi connectivity index (χ1n) is 13.9. The van der Waals surface area contributed by atoms with Gasteiger partial charge in [-0.15, -0.1) is 0 Å². The highest BCUT2D eigenvalue weighted by molar-refractivity contribution is 7.03. The second-order valence-electron chi connectivity index (χ2n) is 13.6. The number of pyridine rings is 1. The van der Waals surface area contributed by atoms with E-state index < -0.39 is 16.1 Å². The van der Waals surface area contributed by atoms with E-state index in [1.807, 2.05) is 6.20 Å². The molecule has 0 fully saturated rings. The van der Waals surface area contributed by atoms with Crippen LogP contribution in [0.15, 0.2) is 71.3 Å². The molecule has 0 unspecified atom stereocenters. The molecule has 194 valence electrons. The van der Waals surface area contributed by atoms with Crippen molar-refractivity contribution in [1.29, 1.82) is 0 Å². The van der Waals surface area contributed by atoms with Gasteiger partial charge in [0.2, 0.25) is 0 Å². The normalized spacial score (nSPS) is 16.6. The molecule has 0 amide bonds. The van der Waals surface area contributed by atoms with Crippen molar-refractivity contribution in [3.63, 3.8) is 0 Å². The van der Waals surface area contributed by atoms with Crippen LogP contribution in [-0.2, 0) is 5.41 Å². The number of furan rings is 1. The minimum Gasteiger partial charge on any atom is -0.453 e. The molecule has 5 aromatic rings. The molecule has 38 heavy (non-hydrogen) atoms. The Morgan fingerprint density at radius 3 is 2.21 bits per heavy atom. The monoisotopic (exact) mass is 533 g/mol. The summed E-state index contributed by atoms with van der Waals surface area (Å²) >= 11 is 0. The Morgan fingerprint density at radius 1 is 0.763 bits per heavy atom. The Balaban J connectivity index is 1.56. The van der Waals surface area contributed by atoms with Gasteiger partial charge in [0.15, 0.2) is 5.58 Å². The predicted octanol–water partition coefficient (Wildman–Crippen LogP) is 8.77. The summed E-state index contributed by atoms with van der Waals surface area (Å²) in [5.41, 5.74) is 6.70. The first kappa shape index (κ1) is 25.3. The van der Waals surface area contributed by atoms with Gasteiger partial charge in [0, 0.05) is 28.3 Å². The second kappa shape index (κ2) is 8.52. The molecule has 0 saturated heterocycles. The lowest BCUT2D eigenvalue weighted by Gasteiger charge is -2.39. The van der Waals surface area contributed by atoms with Crippen molar-refractivity contribution >= 4 is 48.3 Å². The quantitative estimate of drug-likeness (QED) is 0.212. The zero-order valence-electron chi connectivity index (χ0n) is 24.1. The van der Waals surface area contributed by atoms with Crippen LogP contribution < -0.4 is 10.4 Å². The molecule has 1 aliphatic heterocycles. The highest BCUT2D eigenvalue weighted by Crippen LogP contribution is 2.40. The molecule has 0 atom stereocenters. The Morgan fingerprint density at radius 2 is 1.47 bits per heavy atom. The van der Waals surface area contributed by atoms with Crippen molar-refractivity contribution in [3.8, 4) is 22.6 Å². The Hall–Kier alpha value is -2.96. The summed E-state index contributed by atoms with van der Waals surface area (Å²) in [6, 6.07) is 25.4. The van der Waals surface area contributed by atoms with Gasteiger partial charge in [-0.2, -0.15) is 0 Å². The van der Waals surface area contributed by atoms with Crippen molar-refractivity contribution in [1.82, 2.24) is 4.98 Å². The Labute approximate surface area is 229 Å². The molecule has 3 heterocycles. The molecule has 2 nitrogen and oxygen atoms in total.